The summed E-state index contributed by atoms with van der Waals surface area (Å²) in [5.41, 5.74) is 13.9. The van der Waals surface area contributed by atoms with Crippen LogP contribution >= 0.6 is 0 Å². The number of anilines is 2. The number of rotatable bonds is 2. The molecule has 1 rings (SSSR count). The molecule has 0 fully saturated rings. The summed E-state index contributed by atoms with van der Waals surface area (Å²) in [6.07, 6.45) is 1.60. The van der Waals surface area contributed by atoms with Crippen LogP contribution in [0, 0.1) is 0 Å². The van der Waals surface area contributed by atoms with Gasteiger partial charge in [-0.2, -0.15) is 5.10 Å². The Hall–Kier alpha value is -1.32. The van der Waals surface area contributed by atoms with Crippen molar-refractivity contribution in [2.75, 3.05) is 11.5 Å². The molecular formula is C8H14N4. The van der Waals surface area contributed by atoms with Crippen LogP contribution in [0.4, 0.5) is 11.5 Å². The summed E-state index contributed by atoms with van der Waals surface area (Å²) in [6.45, 7) is 4.00. The highest BCUT2D eigenvalue weighted by Gasteiger charge is 2.08. The van der Waals surface area contributed by atoms with Crippen LogP contribution in [0.3, 0.4) is 0 Å². The molecule has 0 atom stereocenters. The summed E-state index contributed by atoms with van der Waals surface area (Å²) in [7, 11) is 0. The molecule has 1 aromatic heterocycles. The molecule has 0 saturated heterocycles. The molecule has 12 heavy (non-hydrogen) atoms. The number of nitrogens with zero attached hydrogens (tertiary/aromatic N) is 2. The number of hydrogen-bond donors (Lipinski definition) is 2. The van der Waals surface area contributed by atoms with Crippen molar-refractivity contribution >= 4 is 11.5 Å². The first kappa shape index (κ1) is 8.77. The third-order valence-electron chi connectivity index (χ3n) is 1.91. The van der Waals surface area contributed by atoms with Crippen molar-refractivity contribution in [1.29, 1.82) is 0 Å². The lowest BCUT2D eigenvalue weighted by Gasteiger charge is -2.07. The first-order valence-electron chi connectivity index (χ1n) is 4.10. The van der Waals surface area contributed by atoms with E-state index in [0.717, 1.165) is 24.1 Å². The Morgan fingerprint density at radius 1 is 1.08 bits per heavy atom. The first-order chi connectivity index (χ1) is 5.70. The summed E-state index contributed by atoms with van der Waals surface area (Å²) in [5.74, 6) is 0.451. The van der Waals surface area contributed by atoms with E-state index in [0.29, 0.717) is 11.5 Å². The zero-order valence-corrected chi connectivity index (χ0v) is 7.46. The van der Waals surface area contributed by atoms with Gasteiger partial charge in [0.2, 0.25) is 0 Å². The van der Waals surface area contributed by atoms with Crippen molar-refractivity contribution in [1.82, 2.24) is 10.2 Å². The van der Waals surface area contributed by atoms with E-state index >= 15 is 0 Å². The lowest BCUT2D eigenvalue weighted by molar-refractivity contribution is 0.910. The van der Waals surface area contributed by atoms with E-state index in [9.17, 15) is 0 Å². The molecule has 0 aliphatic rings. The highest BCUT2D eigenvalue weighted by molar-refractivity contribution is 5.59. The molecule has 1 heterocycles. The zero-order valence-electron chi connectivity index (χ0n) is 7.46. The Morgan fingerprint density at radius 3 is 2.25 bits per heavy atom. The number of nitrogen functional groups attached to an aromatic ring is 2. The average Bonchev–Trinajstić information content (AvgIpc) is 2.06. The van der Waals surface area contributed by atoms with E-state index in [2.05, 4.69) is 10.2 Å². The fourth-order valence-corrected chi connectivity index (χ4v) is 1.17. The van der Waals surface area contributed by atoms with Gasteiger partial charge in [-0.05, 0) is 12.8 Å². The van der Waals surface area contributed by atoms with E-state index in [-0.39, 0.29) is 0 Å². The van der Waals surface area contributed by atoms with E-state index in [1.54, 1.807) is 0 Å². The standard InChI is InChI=1S/C8H14N4/c1-3-5-7(9)6(4-2)11-12-8(5)10/h3-4H2,1-2H3,(H4,9,10,12). The first-order valence-corrected chi connectivity index (χ1v) is 4.10. The van der Waals surface area contributed by atoms with Crippen LogP contribution < -0.4 is 11.5 Å². The maximum atomic E-state index is 5.82. The van der Waals surface area contributed by atoms with E-state index in [4.69, 9.17) is 11.5 Å². The van der Waals surface area contributed by atoms with Gasteiger partial charge in [-0.3, -0.25) is 0 Å². The normalized spacial score (nSPS) is 10.2. The molecule has 4 nitrogen and oxygen atoms in total. The average molecular weight is 166 g/mol. The summed E-state index contributed by atoms with van der Waals surface area (Å²) >= 11 is 0. The Balaban J connectivity index is 3.24. The predicted molar refractivity (Wildman–Crippen MR) is 49.6 cm³/mol. The van der Waals surface area contributed by atoms with Gasteiger partial charge in [-0.1, -0.05) is 13.8 Å². The highest BCUT2D eigenvalue weighted by atomic mass is 15.1. The van der Waals surface area contributed by atoms with Gasteiger partial charge in [0.25, 0.3) is 0 Å². The molecule has 0 radical (unpaired) electrons. The molecule has 1 aromatic rings. The van der Waals surface area contributed by atoms with Crippen LogP contribution in [0.1, 0.15) is 25.1 Å². The third kappa shape index (κ3) is 1.32. The fourth-order valence-electron chi connectivity index (χ4n) is 1.17. The Bertz CT molecular complexity index is 283. The van der Waals surface area contributed by atoms with Gasteiger partial charge in [-0.15, -0.1) is 5.10 Å². The Kier molecular flexibility index (Phi) is 2.47. The Morgan fingerprint density at radius 2 is 1.75 bits per heavy atom. The molecule has 4 heteroatoms. The Labute approximate surface area is 72.0 Å². The van der Waals surface area contributed by atoms with Crippen LogP contribution in [-0.2, 0) is 12.8 Å². The van der Waals surface area contributed by atoms with Crippen LogP contribution in [0.2, 0.25) is 0 Å². The summed E-state index contributed by atoms with van der Waals surface area (Å²) in [5, 5.41) is 7.73. The van der Waals surface area contributed by atoms with Crippen LogP contribution in [0.5, 0.6) is 0 Å². The van der Waals surface area contributed by atoms with Gasteiger partial charge in [0, 0.05) is 5.56 Å². The fraction of sp³-hybridized carbons (Fsp3) is 0.500. The third-order valence-corrected chi connectivity index (χ3v) is 1.91. The quantitative estimate of drug-likeness (QED) is 0.680. The van der Waals surface area contributed by atoms with Gasteiger partial charge in [-0.25, -0.2) is 0 Å². The molecule has 0 amide bonds. The van der Waals surface area contributed by atoms with Crippen molar-refractivity contribution < 1.29 is 0 Å². The number of aromatic nitrogens is 2. The molecular weight excluding hydrogens is 152 g/mol. The molecule has 4 N–H and O–H groups in total. The molecule has 66 valence electrons. The minimum atomic E-state index is 0.451. The lowest BCUT2D eigenvalue weighted by atomic mass is 10.1. The summed E-state index contributed by atoms with van der Waals surface area (Å²) in [6, 6.07) is 0. The maximum Gasteiger partial charge on any atom is 0.151 e. The van der Waals surface area contributed by atoms with Gasteiger partial charge < -0.3 is 11.5 Å². The molecule has 0 aliphatic carbocycles. The highest BCUT2D eigenvalue weighted by Crippen LogP contribution is 2.19. The monoisotopic (exact) mass is 166 g/mol. The molecule has 0 spiro atoms. The van der Waals surface area contributed by atoms with Crippen LogP contribution in [0.15, 0.2) is 0 Å². The SMILES string of the molecule is CCc1nnc(N)c(CC)c1N. The molecule has 0 unspecified atom stereocenters. The molecule has 0 saturated carbocycles. The van der Waals surface area contributed by atoms with Gasteiger partial charge in [0.1, 0.15) is 0 Å². The second-order valence-electron chi connectivity index (χ2n) is 2.63. The van der Waals surface area contributed by atoms with Crippen molar-refractivity contribution in [3.05, 3.63) is 11.3 Å². The summed E-state index contributed by atoms with van der Waals surface area (Å²) < 4.78 is 0. The van der Waals surface area contributed by atoms with E-state index in [1.807, 2.05) is 13.8 Å². The van der Waals surface area contributed by atoms with Crippen molar-refractivity contribution in [2.24, 2.45) is 0 Å². The smallest absolute Gasteiger partial charge is 0.151 e. The number of aryl methyl sites for hydroxylation is 1. The second-order valence-corrected chi connectivity index (χ2v) is 2.63. The largest absolute Gasteiger partial charge is 0.397 e. The molecule has 0 aliphatic heterocycles. The second kappa shape index (κ2) is 3.38. The lowest BCUT2D eigenvalue weighted by Crippen LogP contribution is -2.08. The minimum Gasteiger partial charge on any atom is -0.397 e. The van der Waals surface area contributed by atoms with Crippen molar-refractivity contribution in [3.63, 3.8) is 0 Å². The minimum absolute atomic E-state index is 0.451. The zero-order chi connectivity index (χ0) is 9.14. The van der Waals surface area contributed by atoms with Gasteiger partial charge in [0.15, 0.2) is 5.82 Å². The molecule has 0 aromatic carbocycles. The predicted octanol–water partition coefficient (Wildman–Crippen LogP) is 0.766. The number of hydrogen-bond acceptors (Lipinski definition) is 4. The molecule has 0 bridgehead atoms. The maximum absolute atomic E-state index is 5.82. The topological polar surface area (TPSA) is 77.8 Å². The number of nitrogens with two attached hydrogens (primary N) is 2. The van der Waals surface area contributed by atoms with Crippen LogP contribution in [-0.4, -0.2) is 10.2 Å². The summed E-state index contributed by atoms with van der Waals surface area (Å²) in [4.78, 5) is 0. The van der Waals surface area contributed by atoms with E-state index in [1.165, 1.54) is 0 Å². The van der Waals surface area contributed by atoms with Crippen LogP contribution in [0.25, 0.3) is 0 Å². The van der Waals surface area contributed by atoms with Crippen molar-refractivity contribution in [2.45, 2.75) is 26.7 Å². The van der Waals surface area contributed by atoms with E-state index < -0.39 is 0 Å². The van der Waals surface area contributed by atoms with Crippen molar-refractivity contribution in [3.8, 4) is 0 Å². The van der Waals surface area contributed by atoms with Gasteiger partial charge in [0.05, 0.1) is 11.4 Å². The van der Waals surface area contributed by atoms with Gasteiger partial charge >= 0.3 is 0 Å².